The van der Waals surface area contributed by atoms with E-state index in [1.807, 2.05) is 53.4 Å². The zero-order valence-electron chi connectivity index (χ0n) is 22.9. The van der Waals surface area contributed by atoms with Gasteiger partial charge in [-0.1, -0.05) is 11.6 Å². The fraction of sp³-hybridized carbons (Fsp3) is 0.680. The molecule has 3 aliphatic heterocycles. The van der Waals surface area contributed by atoms with Crippen LogP contribution in [0.5, 0.6) is 5.75 Å². The van der Waals surface area contributed by atoms with Gasteiger partial charge in [-0.25, -0.2) is 4.79 Å². The van der Waals surface area contributed by atoms with Crippen LogP contribution in [-0.4, -0.2) is 71.4 Å². The molecule has 2 atom stereocenters. The number of carbonyl (C=O) groups excluding carboxylic acids is 1. The minimum Gasteiger partial charge on any atom is -0.444 e. The number of fused-ring (bicyclic) bond motifs is 3. The number of carbonyl (C=O) groups is 1. The first-order valence-electron chi connectivity index (χ1n) is 12.9. The molecule has 0 saturated carbocycles. The summed E-state index contributed by atoms with van der Waals surface area (Å²) in [5, 5.41) is -0.306. The second kappa shape index (κ2) is 9.07. The number of ether oxygens (including phenoxy) is 2. The smallest absolute Gasteiger partial charge is 0.444 e. The molecule has 214 valence electrons. The highest BCUT2D eigenvalue weighted by Gasteiger charge is 2.53. The number of nitrogens with zero attached hydrogens (tertiary/aromatic N) is 3. The molecule has 3 fully saturated rings. The fourth-order valence-electron chi connectivity index (χ4n) is 5.20. The van der Waals surface area contributed by atoms with Crippen LogP contribution in [-0.2, 0) is 14.0 Å². The number of piperazine rings is 1. The third-order valence-electron chi connectivity index (χ3n) is 7.67. The number of alkyl halides is 3. The van der Waals surface area contributed by atoms with Crippen molar-refractivity contribution in [2.24, 2.45) is 0 Å². The molecular formula is C25H32BClF3N3O6. The minimum absolute atomic E-state index is 0.0223. The predicted molar refractivity (Wildman–Crippen MR) is 139 cm³/mol. The summed E-state index contributed by atoms with van der Waals surface area (Å²) in [6.07, 6.45) is -3.87. The number of rotatable bonds is 3. The number of anilines is 1. The molecule has 2 aromatic rings. The van der Waals surface area contributed by atoms with Crippen molar-refractivity contribution in [1.82, 2.24) is 9.88 Å². The first-order valence-corrected chi connectivity index (χ1v) is 13.2. The molecule has 5 rings (SSSR count). The van der Waals surface area contributed by atoms with Crippen LogP contribution in [0.1, 0.15) is 61.3 Å². The van der Waals surface area contributed by atoms with Gasteiger partial charge in [-0.2, -0.15) is 4.98 Å². The van der Waals surface area contributed by atoms with Crippen LogP contribution in [0.2, 0.25) is 5.02 Å². The maximum atomic E-state index is 13.3. The van der Waals surface area contributed by atoms with Crippen LogP contribution in [0, 0.1) is 0 Å². The molecule has 0 N–H and O–H groups in total. The normalized spacial score (nSPS) is 24.5. The van der Waals surface area contributed by atoms with Crippen molar-refractivity contribution in [2.75, 3.05) is 18.0 Å². The maximum Gasteiger partial charge on any atom is 0.573 e. The maximum absolute atomic E-state index is 13.3. The third-order valence-corrected chi connectivity index (χ3v) is 7.96. The van der Waals surface area contributed by atoms with E-state index >= 15 is 0 Å². The molecule has 39 heavy (non-hydrogen) atoms. The Bertz CT molecular complexity index is 1260. The first-order chi connectivity index (χ1) is 17.9. The number of hydrogen-bond donors (Lipinski definition) is 0. The van der Waals surface area contributed by atoms with Gasteiger partial charge >= 0.3 is 19.6 Å². The molecule has 1 aromatic carbocycles. The van der Waals surface area contributed by atoms with E-state index in [-0.39, 0.29) is 40.3 Å². The number of aromatic nitrogens is 1. The van der Waals surface area contributed by atoms with Crippen LogP contribution in [0.15, 0.2) is 10.5 Å². The van der Waals surface area contributed by atoms with E-state index in [0.29, 0.717) is 18.6 Å². The van der Waals surface area contributed by atoms with Crippen LogP contribution in [0.4, 0.5) is 24.0 Å². The van der Waals surface area contributed by atoms with E-state index in [9.17, 15) is 18.0 Å². The molecule has 2 bridgehead atoms. The standard InChI is InChI=1S/C25H32BClF3N3O6/c1-22(2,3)37-21(34)33-13-8-9-14(33)12-32(11-13)20-31-17-18(35-20)15(10-16(27)19(17)36-25(28,29)30)26-38-23(4,5)24(6,7)39-26/h10,13-14H,8-9,11-12H2,1-7H3. The van der Waals surface area contributed by atoms with Crippen LogP contribution in [0.3, 0.4) is 0 Å². The van der Waals surface area contributed by atoms with E-state index < -0.39 is 36.0 Å². The van der Waals surface area contributed by atoms with Crippen molar-refractivity contribution in [3.63, 3.8) is 0 Å². The Balaban J connectivity index is 1.52. The van der Waals surface area contributed by atoms with Crippen molar-refractivity contribution < 1.29 is 41.2 Å². The van der Waals surface area contributed by atoms with Crippen LogP contribution in [0.25, 0.3) is 11.1 Å². The van der Waals surface area contributed by atoms with Crippen molar-refractivity contribution in [3.8, 4) is 5.75 Å². The van der Waals surface area contributed by atoms with Crippen LogP contribution < -0.4 is 15.1 Å². The lowest BCUT2D eigenvalue weighted by molar-refractivity contribution is -0.274. The lowest BCUT2D eigenvalue weighted by Crippen LogP contribution is -2.56. The van der Waals surface area contributed by atoms with Crippen molar-refractivity contribution in [3.05, 3.63) is 11.1 Å². The van der Waals surface area contributed by atoms with Gasteiger partial charge < -0.3 is 28.1 Å². The Labute approximate surface area is 230 Å². The van der Waals surface area contributed by atoms with Gasteiger partial charge in [0.05, 0.1) is 28.3 Å². The van der Waals surface area contributed by atoms with E-state index in [2.05, 4.69) is 9.72 Å². The van der Waals surface area contributed by atoms with Crippen molar-refractivity contribution >= 4 is 47.4 Å². The average Bonchev–Trinajstić information content (AvgIpc) is 3.38. The topological polar surface area (TPSA) is 86.5 Å². The summed E-state index contributed by atoms with van der Waals surface area (Å²) in [7, 11) is -0.962. The van der Waals surface area contributed by atoms with Gasteiger partial charge in [0.1, 0.15) is 5.60 Å². The molecule has 3 aliphatic rings. The fourth-order valence-corrected chi connectivity index (χ4v) is 5.45. The van der Waals surface area contributed by atoms with Gasteiger partial charge in [0.15, 0.2) is 16.8 Å². The Hall–Kier alpha value is -2.38. The van der Waals surface area contributed by atoms with E-state index in [0.717, 1.165) is 12.8 Å². The van der Waals surface area contributed by atoms with Crippen LogP contribution >= 0.6 is 11.6 Å². The molecule has 0 spiro atoms. The summed E-state index contributed by atoms with van der Waals surface area (Å²) in [5.41, 5.74) is -1.92. The second-order valence-electron chi connectivity index (χ2n) is 12.3. The number of halogens is 4. The zero-order chi connectivity index (χ0) is 28.7. The van der Waals surface area contributed by atoms with Gasteiger partial charge in [-0.3, -0.25) is 4.90 Å². The third kappa shape index (κ3) is 5.25. The highest BCUT2D eigenvalue weighted by Crippen LogP contribution is 2.42. The summed E-state index contributed by atoms with van der Waals surface area (Å²) in [5.74, 6) is -0.662. The predicted octanol–water partition coefficient (Wildman–Crippen LogP) is 5.27. The van der Waals surface area contributed by atoms with Gasteiger partial charge in [0, 0.05) is 18.6 Å². The zero-order valence-corrected chi connectivity index (χ0v) is 23.7. The lowest BCUT2D eigenvalue weighted by atomic mass is 9.78. The summed E-state index contributed by atoms with van der Waals surface area (Å²) in [6.45, 7) is 13.6. The lowest BCUT2D eigenvalue weighted by Gasteiger charge is -2.40. The van der Waals surface area contributed by atoms with Gasteiger partial charge in [-0.05, 0) is 67.4 Å². The van der Waals surface area contributed by atoms with E-state index in [1.54, 1.807) is 4.90 Å². The number of amides is 1. The Kier molecular flexibility index (Phi) is 6.55. The molecular weight excluding hydrogens is 542 g/mol. The molecule has 3 saturated heterocycles. The van der Waals surface area contributed by atoms with Crippen molar-refractivity contribution in [2.45, 2.75) is 96.6 Å². The highest BCUT2D eigenvalue weighted by molar-refractivity contribution is 6.65. The molecule has 1 amide bonds. The molecule has 9 nitrogen and oxygen atoms in total. The first kappa shape index (κ1) is 28.2. The summed E-state index contributed by atoms with van der Waals surface area (Å²) in [4.78, 5) is 20.8. The molecule has 0 radical (unpaired) electrons. The molecule has 4 heterocycles. The Morgan fingerprint density at radius 2 is 1.67 bits per heavy atom. The number of benzene rings is 1. The summed E-state index contributed by atoms with van der Waals surface area (Å²) < 4.78 is 68.2. The average molecular weight is 574 g/mol. The molecule has 14 heteroatoms. The van der Waals surface area contributed by atoms with Gasteiger partial charge in [-0.15, -0.1) is 13.2 Å². The molecule has 1 aromatic heterocycles. The highest BCUT2D eigenvalue weighted by atomic mass is 35.5. The molecule has 2 unspecified atom stereocenters. The van der Waals surface area contributed by atoms with Gasteiger partial charge in [0.25, 0.3) is 6.01 Å². The summed E-state index contributed by atoms with van der Waals surface area (Å²) in [6, 6.07) is 1.07. The molecule has 0 aliphatic carbocycles. The van der Waals surface area contributed by atoms with E-state index in [4.69, 9.17) is 30.1 Å². The summed E-state index contributed by atoms with van der Waals surface area (Å²) >= 11 is 6.30. The quantitative estimate of drug-likeness (QED) is 0.459. The van der Waals surface area contributed by atoms with Crippen molar-refractivity contribution in [1.29, 1.82) is 0 Å². The largest absolute Gasteiger partial charge is 0.573 e. The second-order valence-corrected chi connectivity index (χ2v) is 12.7. The minimum atomic E-state index is -5.00. The van der Waals surface area contributed by atoms with E-state index in [1.165, 1.54) is 6.07 Å². The number of hydrogen-bond acceptors (Lipinski definition) is 8. The number of oxazole rings is 1. The Morgan fingerprint density at radius 1 is 1.10 bits per heavy atom. The van der Waals surface area contributed by atoms with Gasteiger partial charge in [0.2, 0.25) is 0 Å². The monoisotopic (exact) mass is 573 g/mol. The Morgan fingerprint density at radius 3 is 2.18 bits per heavy atom. The SMILES string of the molecule is CC(C)(C)OC(=O)N1C2CCC1CN(c1nc3c(OC(F)(F)F)c(Cl)cc(B4OC(C)(C)C(C)(C)O4)c3o1)C2.